The van der Waals surface area contributed by atoms with Gasteiger partial charge in [0.25, 0.3) is 0 Å². The molecule has 0 saturated carbocycles. The zero-order valence-corrected chi connectivity index (χ0v) is 33.9. The number of aromatic nitrogens is 1. The summed E-state index contributed by atoms with van der Waals surface area (Å²) < 4.78 is 15.7. The molecule has 3 aromatic heterocycles. The predicted octanol–water partition coefficient (Wildman–Crippen LogP) is 14.4. The van der Waals surface area contributed by atoms with Gasteiger partial charge >= 0.3 is 0 Å². The number of rotatable bonds is 6. The lowest BCUT2D eigenvalue weighted by Crippen LogP contribution is -2.33. The van der Waals surface area contributed by atoms with Crippen LogP contribution in [0.1, 0.15) is 22.9 Å². The number of amidine groups is 2. The van der Waals surface area contributed by atoms with Gasteiger partial charge in [0.15, 0.2) is 5.84 Å². The van der Waals surface area contributed by atoms with E-state index < -0.39 is 0 Å². The SMILES string of the molecule is c1ccc(C2=NC(c3ccc4c(c3)oc3cc(-c5cccc6oc7cc(-n8c9ccccc9c9cc(-c%10ccccc%10)ccc98)ccc7c56)ccc34)=NC(c3ccccc3)N2)cc1. The van der Waals surface area contributed by atoms with Crippen LogP contribution in [0.4, 0.5) is 0 Å². The molecule has 13 rings (SSSR count). The average Bonchev–Trinajstić information content (AvgIpc) is 4.03. The highest BCUT2D eigenvalue weighted by Gasteiger charge is 2.22. The van der Waals surface area contributed by atoms with Gasteiger partial charge in [-0.15, -0.1) is 0 Å². The molecular weight excluding hydrogens is 773 g/mol. The van der Waals surface area contributed by atoms with Gasteiger partial charge in [0.1, 0.15) is 34.3 Å². The summed E-state index contributed by atoms with van der Waals surface area (Å²) in [6, 6.07) is 72.1. The molecule has 1 aliphatic rings. The van der Waals surface area contributed by atoms with Crippen LogP contribution in [0.15, 0.2) is 225 Å². The van der Waals surface area contributed by atoms with Gasteiger partial charge < -0.3 is 18.7 Å². The van der Waals surface area contributed by atoms with Gasteiger partial charge in [-0.1, -0.05) is 140 Å². The molecule has 1 aliphatic heterocycles. The van der Waals surface area contributed by atoms with Crippen LogP contribution in [0.5, 0.6) is 0 Å². The molecule has 9 aromatic carbocycles. The Kier molecular flexibility index (Phi) is 7.87. The van der Waals surface area contributed by atoms with Gasteiger partial charge in [-0.2, -0.15) is 0 Å². The van der Waals surface area contributed by atoms with E-state index in [0.717, 1.165) is 94.3 Å². The summed E-state index contributed by atoms with van der Waals surface area (Å²) >= 11 is 0. The molecule has 0 amide bonds. The molecule has 1 N–H and O–H groups in total. The smallest absolute Gasteiger partial charge is 0.159 e. The summed E-state index contributed by atoms with van der Waals surface area (Å²) in [5.74, 6) is 1.44. The zero-order chi connectivity index (χ0) is 41.4. The third kappa shape index (κ3) is 5.80. The fourth-order valence-corrected chi connectivity index (χ4v) is 9.47. The molecule has 0 saturated heterocycles. The number of nitrogens with zero attached hydrogens (tertiary/aromatic N) is 3. The van der Waals surface area contributed by atoms with E-state index in [4.69, 9.17) is 18.8 Å². The maximum atomic E-state index is 6.67. The van der Waals surface area contributed by atoms with Crippen LogP contribution in [0.2, 0.25) is 0 Å². The first-order valence-corrected chi connectivity index (χ1v) is 21.2. The number of hydrogen-bond acceptors (Lipinski definition) is 5. The van der Waals surface area contributed by atoms with Gasteiger partial charge in [-0.3, -0.25) is 0 Å². The van der Waals surface area contributed by atoms with Crippen LogP contribution in [-0.2, 0) is 0 Å². The second kappa shape index (κ2) is 14.0. The third-order valence-corrected chi connectivity index (χ3v) is 12.5. The maximum absolute atomic E-state index is 6.67. The van der Waals surface area contributed by atoms with Gasteiger partial charge in [0.05, 0.1) is 11.0 Å². The number of hydrogen-bond donors (Lipinski definition) is 1. The van der Waals surface area contributed by atoms with Crippen LogP contribution < -0.4 is 5.32 Å². The third-order valence-electron chi connectivity index (χ3n) is 12.5. The normalized spacial score (nSPS) is 14.2. The number of para-hydroxylation sites is 1. The molecule has 1 atom stereocenters. The van der Waals surface area contributed by atoms with Crippen molar-refractivity contribution in [2.45, 2.75) is 6.17 Å². The van der Waals surface area contributed by atoms with Crippen molar-refractivity contribution in [2.24, 2.45) is 9.98 Å². The molecule has 63 heavy (non-hydrogen) atoms. The van der Waals surface area contributed by atoms with Crippen molar-refractivity contribution in [1.82, 2.24) is 9.88 Å². The second-order valence-electron chi connectivity index (χ2n) is 16.2. The lowest BCUT2D eigenvalue weighted by atomic mass is 9.98. The summed E-state index contributed by atoms with van der Waals surface area (Å²) in [5.41, 5.74) is 14.2. The van der Waals surface area contributed by atoms with Crippen molar-refractivity contribution in [3.05, 3.63) is 223 Å². The van der Waals surface area contributed by atoms with Crippen molar-refractivity contribution in [1.29, 1.82) is 0 Å². The summed E-state index contributed by atoms with van der Waals surface area (Å²) in [5, 5.41) is 10.2. The Morgan fingerprint density at radius 3 is 1.86 bits per heavy atom. The van der Waals surface area contributed by atoms with E-state index in [2.05, 4.69) is 180 Å². The second-order valence-corrected chi connectivity index (χ2v) is 16.2. The van der Waals surface area contributed by atoms with Crippen molar-refractivity contribution in [3.8, 4) is 27.9 Å². The molecule has 0 spiro atoms. The fraction of sp³-hybridized carbons (Fsp3) is 0.0175. The Labute approximate surface area is 361 Å². The lowest BCUT2D eigenvalue weighted by Gasteiger charge is -2.23. The molecule has 6 nitrogen and oxygen atoms in total. The van der Waals surface area contributed by atoms with Crippen LogP contribution in [-0.4, -0.2) is 16.2 Å². The minimum atomic E-state index is -0.279. The van der Waals surface area contributed by atoms with E-state index in [1.165, 1.54) is 21.9 Å². The first-order chi connectivity index (χ1) is 31.2. The van der Waals surface area contributed by atoms with Crippen molar-refractivity contribution in [3.63, 3.8) is 0 Å². The average molecular weight is 809 g/mol. The number of nitrogens with one attached hydrogen (secondary N) is 1. The first-order valence-electron chi connectivity index (χ1n) is 21.2. The molecule has 1 unspecified atom stereocenters. The van der Waals surface area contributed by atoms with E-state index in [1.54, 1.807) is 0 Å². The van der Waals surface area contributed by atoms with Gasteiger partial charge in [0.2, 0.25) is 0 Å². The molecule has 296 valence electrons. The maximum Gasteiger partial charge on any atom is 0.159 e. The van der Waals surface area contributed by atoms with Crippen LogP contribution in [0.25, 0.3) is 93.6 Å². The van der Waals surface area contributed by atoms with E-state index >= 15 is 0 Å². The van der Waals surface area contributed by atoms with Crippen molar-refractivity contribution in [2.75, 3.05) is 0 Å². The molecule has 0 bridgehead atoms. The lowest BCUT2D eigenvalue weighted by molar-refractivity contribution is 0.667. The van der Waals surface area contributed by atoms with E-state index in [-0.39, 0.29) is 6.17 Å². The Morgan fingerprint density at radius 1 is 0.413 bits per heavy atom. The van der Waals surface area contributed by atoms with Crippen molar-refractivity contribution < 1.29 is 8.83 Å². The van der Waals surface area contributed by atoms with Gasteiger partial charge in [-0.25, -0.2) is 9.98 Å². The van der Waals surface area contributed by atoms with Crippen molar-refractivity contribution >= 4 is 77.4 Å². The zero-order valence-electron chi connectivity index (χ0n) is 33.9. The first kappa shape index (κ1) is 35.3. The summed E-state index contributed by atoms with van der Waals surface area (Å²) in [7, 11) is 0. The predicted molar refractivity (Wildman–Crippen MR) is 258 cm³/mol. The van der Waals surface area contributed by atoms with E-state index in [0.29, 0.717) is 5.84 Å². The highest BCUT2D eigenvalue weighted by Crippen LogP contribution is 2.41. The number of benzene rings is 9. The number of fused-ring (bicyclic) bond motifs is 9. The Morgan fingerprint density at radius 2 is 1.05 bits per heavy atom. The molecule has 4 heterocycles. The number of aliphatic imine (C=N–C) groups is 2. The minimum absolute atomic E-state index is 0.279. The standard InChI is InChI=1S/C57H36N4O2/c1-4-13-35(14-5-1)38-25-30-49-47(31-38)43-19-10-11-21-48(43)61(49)41-26-29-46-53(34-41)62-50-22-12-20-42(54(46)50)39-23-27-44-45-28-24-40(33-52(45)63-51(44)32-39)57-59-55(36-15-6-2-7-16-36)58-56(60-57)37-17-8-3-9-18-37/h1-34,55H,(H,58,59,60). The molecule has 0 radical (unpaired) electrons. The van der Waals surface area contributed by atoms with Crippen LogP contribution in [0.3, 0.4) is 0 Å². The number of furan rings is 2. The topological polar surface area (TPSA) is 68.0 Å². The van der Waals surface area contributed by atoms with Gasteiger partial charge in [0, 0.05) is 55.2 Å². The molecule has 12 aromatic rings. The highest BCUT2D eigenvalue weighted by atomic mass is 16.3. The summed E-state index contributed by atoms with van der Waals surface area (Å²) in [4.78, 5) is 10.1. The quantitative estimate of drug-likeness (QED) is 0.182. The van der Waals surface area contributed by atoms with Crippen LogP contribution >= 0.6 is 0 Å². The van der Waals surface area contributed by atoms with E-state index in [1.807, 2.05) is 36.4 Å². The highest BCUT2D eigenvalue weighted by molar-refractivity contribution is 6.17. The summed E-state index contributed by atoms with van der Waals surface area (Å²) in [6.07, 6.45) is -0.279. The van der Waals surface area contributed by atoms with E-state index in [9.17, 15) is 0 Å². The monoisotopic (exact) mass is 808 g/mol. The molecule has 0 aliphatic carbocycles. The van der Waals surface area contributed by atoms with Crippen LogP contribution in [0, 0.1) is 0 Å². The largest absolute Gasteiger partial charge is 0.456 e. The molecular formula is C57H36N4O2. The molecule has 0 fully saturated rings. The molecule has 6 heteroatoms. The Bertz CT molecular complexity index is 3820. The minimum Gasteiger partial charge on any atom is -0.456 e. The van der Waals surface area contributed by atoms with Gasteiger partial charge in [-0.05, 0) is 88.5 Å². The fourth-order valence-electron chi connectivity index (χ4n) is 9.47. The Hall–Kier alpha value is -8.48. The Balaban J connectivity index is 0.886. The summed E-state index contributed by atoms with van der Waals surface area (Å²) in [6.45, 7) is 0.